The highest BCUT2D eigenvalue weighted by Crippen LogP contribution is 2.14. The lowest BCUT2D eigenvalue weighted by molar-refractivity contribution is 0.453. The Labute approximate surface area is 86.3 Å². The summed E-state index contributed by atoms with van der Waals surface area (Å²) in [6.07, 6.45) is 3.43. The number of H-pyrrole nitrogens is 1. The van der Waals surface area contributed by atoms with Gasteiger partial charge in [0.15, 0.2) is 11.2 Å². The molecule has 80 valence electrons. The van der Waals surface area contributed by atoms with Gasteiger partial charge < -0.3 is 4.98 Å². The molecule has 0 saturated heterocycles. The van der Waals surface area contributed by atoms with Crippen LogP contribution in [0.1, 0.15) is 32.7 Å². The lowest BCUT2D eigenvalue weighted by Crippen LogP contribution is -2.10. The van der Waals surface area contributed by atoms with Crippen LogP contribution in [0.15, 0.2) is 11.1 Å². The number of nitrogens with zero attached hydrogens (tertiary/aromatic N) is 4. The Morgan fingerprint density at radius 2 is 2.40 bits per heavy atom. The van der Waals surface area contributed by atoms with Gasteiger partial charge in [0.05, 0.1) is 12.4 Å². The lowest BCUT2D eigenvalue weighted by Gasteiger charge is -2.09. The molecule has 0 aliphatic heterocycles. The van der Waals surface area contributed by atoms with E-state index in [9.17, 15) is 4.79 Å². The summed E-state index contributed by atoms with van der Waals surface area (Å²) in [7, 11) is 0. The minimum atomic E-state index is -0.241. The van der Waals surface area contributed by atoms with Crippen LogP contribution >= 0.6 is 0 Å². The van der Waals surface area contributed by atoms with E-state index in [-0.39, 0.29) is 11.6 Å². The predicted octanol–water partition coefficient (Wildman–Crippen LogP) is 0.876. The smallest absolute Gasteiger partial charge is 0.280 e. The van der Waals surface area contributed by atoms with E-state index in [2.05, 4.69) is 27.2 Å². The highest BCUT2D eigenvalue weighted by Gasteiger charge is 2.13. The van der Waals surface area contributed by atoms with Crippen LogP contribution in [-0.4, -0.2) is 25.0 Å². The molecule has 2 aromatic heterocycles. The van der Waals surface area contributed by atoms with Crippen molar-refractivity contribution in [2.24, 2.45) is 0 Å². The van der Waals surface area contributed by atoms with E-state index in [0.717, 1.165) is 12.8 Å². The zero-order chi connectivity index (χ0) is 10.8. The number of fused-ring (bicyclic) bond motifs is 1. The first-order valence-electron chi connectivity index (χ1n) is 5.02. The van der Waals surface area contributed by atoms with Gasteiger partial charge in [0.25, 0.3) is 5.56 Å². The summed E-state index contributed by atoms with van der Waals surface area (Å²) >= 11 is 0. The third-order valence-electron chi connectivity index (χ3n) is 2.39. The molecule has 2 rings (SSSR count). The highest BCUT2D eigenvalue weighted by molar-refractivity contribution is 5.67. The second-order valence-corrected chi connectivity index (χ2v) is 3.58. The summed E-state index contributed by atoms with van der Waals surface area (Å²) in [5.41, 5.74) is 0.620. The number of hydrogen-bond acceptors (Lipinski definition) is 4. The number of aromatic nitrogens is 5. The SMILES string of the molecule is CCCC(C)n1nnc2c(=O)[nH]cnc21. The van der Waals surface area contributed by atoms with Gasteiger partial charge in [-0.3, -0.25) is 4.79 Å². The summed E-state index contributed by atoms with van der Waals surface area (Å²) in [5.74, 6) is 0. The largest absolute Gasteiger partial charge is 0.311 e. The van der Waals surface area contributed by atoms with Gasteiger partial charge in [-0.25, -0.2) is 9.67 Å². The van der Waals surface area contributed by atoms with E-state index < -0.39 is 0 Å². The molecular formula is C9H13N5O. The fourth-order valence-electron chi connectivity index (χ4n) is 1.61. The Morgan fingerprint density at radius 1 is 1.60 bits per heavy atom. The zero-order valence-electron chi connectivity index (χ0n) is 8.77. The quantitative estimate of drug-likeness (QED) is 0.810. The van der Waals surface area contributed by atoms with Crippen LogP contribution in [0, 0.1) is 0 Å². The van der Waals surface area contributed by atoms with E-state index in [1.54, 1.807) is 4.68 Å². The molecular weight excluding hydrogens is 194 g/mol. The van der Waals surface area contributed by atoms with E-state index in [1.165, 1.54) is 6.33 Å². The first kappa shape index (κ1) is 9.82. The fraction of sp³-hybridized carbons (Fsp3) is 0.556. The Balaban J connectivity index is 2.54. The van der Waals surface area contributed by atoms with Crippen LogP contribution < -0.4 is 5.56 Å². The molecule has 0 amide bonds. The minimum Gasteiger partial charge on any atom is -0.311 e. The Kier molecular flexibility index (Phi) is 2.49. The number of nitrogens with one attached hydrogen (secondary N) is 1. The van der Waals surface area contributed by atoms with E-state index >= 15 is 0 Å². The monoisotopic (exact) mass is 207 g/mol. The molecule has 1 atom stereocenters. The molecule has 0 aliphatic carbocycles. The van der Waals surface area contributed by atoms with Gasteiger partial charge >= 0.3 is 0 Å². The molecule has 0 radical (unpaired) electrons. The molecule has 0 fully saturated rings. The van der Waals surface area contributed by atoms with E-state index in [0.29, 0.717) is 11.2 Å². The van der Waals surface area contributed by atoms with Gasteiger partial charge in [-0.2, -0.15) is 0 Å². The van der Waals surface area contributed by atoms with Crippen LogP contribution in [0.5, 0.6) is 0 Å². The van der Waals surface area contributed by atoms with Crippen molar-refractivity contribution in [3.63, 3.8) is 0 Å². The first-order chi connectivity index (χ1) is 7.24. The van der Waals surface area contributed by atoms with Crippen molar-refractivity contribution in [3.05, 3.63) is 16.7 Å². The van der Waals surface area contributed by atoms with Crippen LogP contribution in [0.25, 0.3) is 11.2 Å². The van der Waals surface area contributed by atoms with Crippen molar-refractivity contribution in [2.45, 2.75) is 32.7 Å². The molecule has 2 aromatic rings. The third-order valence-corrected chi connectivity index (χ3v) is 2.39. The second kappa shape index (κ2) is 3.80. The molecule has 0 aliphatic rings. The van der Waals surface area contributed by atoms with Crippen molar-refractivity contribution >= 4 is 11.2 Å². The van der Waals surface area contributed by atoms with Crippen LogP contribution in [0.2, 0.25) is 0 Å². The maximum Gasteiger partial charge on any atom is 0.280 e. The lowest BCUT2D eigenvalue weighted by atomic mass is 10.2. The van der Waals surface area contributed by atoms with Gasteiger partial charge in [-0.1, -0.05) is 18.6 Å². The van der Waals surface area contributed by atoms with Gasteiger partial charge in [0.1, 0.15) is 0 Å². The fourth-order valence-corrected chi connectivity index (χ4v) is 1.61. The Bertz CT molecular complexity index is 514. The van der Waals surface area contributed by atoms with E-state index in [1.807, 2.05) is 6.92 Å². The molecule has 0 bridgehead atoms. The van der Waals surface area contributed by atoms with Gasteiger partial charge in [0, 0.05) is 0 Å². The maximum atomic E-state index is 11.4. The molecule has 1 N–H and O–H groups in total. The highest BCUT2D eigenvalue weighted by atomic mass is 16.1. The number of hydrogen-bond donors (Lipinski definition) is 1. The van der Waals surface area contributed by atoms with Crippen molar-refractivity contribution in [2.75, 3.05) is 0 Å². The van der Waals surface area contributed by atoms with Gasteiger partial charge in [-0.15, -0.1) is 5.10 Å². The van der Waals surface area contributed by atoms with Crippen molar-refractivity contribution in [1.29, 1.82) is 0 Å². The van der Waals surface area contributed by atoms with Crippen LogP contribution in [0.3, 0.4) is 0 Å². The molecule has 6 nitrogen and oxygen atoms in total. The molecule has 6 heteroatoms. The van der Waals surface area contributed by atoms with Gasteiger partial charge in [-0.05, 0) is 13.3 Å². The molecule has 0 spiro atoms. The predicted molar refractivity (Wildman–Crippen MR) is 55.6 cm³/mol. The average Bonchev–Trinajstić information content (AvgIpc) is 2.63. The van der Waals surface area contributed by atoms with Gasteiger partial charge in [0.2, 0.25) is 0 Å². The zero-order valence-corrected chi connectivity index (χ0v) is 8.77. The number of aromatic amines is 1. The summed E-state index contributed by atoms with van der Waals surface area (Å²) in [6.45, 7) is 4.15. The number of rotatable bonds is 3. The Hall–Kier alpha value is -1.72. The summed E-state index contributed by atoms with van der Waals surface area (Å²) in [6, 6.07) is 0.217. The standard InChI is InChI=1S/C9H13N5O/c1-3-4-6(2)14-8-7(12-13-14)9(15)11-5-10-8/h5-6H,3-4H2,1-2H3,(H,10,11,15). The molecule has 15 heavy (non-hydrogen) atoms. The van der Waals surface area contributed by atoms with Crippen LogP contribution in [0.4, 0.5) is 0 Å². The summed E-state index contributed by atoms with van der Waals surface area (Å²) < 4.78 is 1.70. The van der Waals surface area contributed by atoms with Crippen molar-refractivity contribution in [3.8, 4) is 0 Å². The molecule has 0 aromatic carbocycles. The second-order valence-electron chi connectivity index (χ2n) is 3.58. The van der Waals surface area contributed by atoms with E-state index in [4.69, 9.17) is 0 Å². The molecule has 0 saturated carbocycles. The van der Waals surface area contributed by atoms with Crippen molar-refractivity contribution < 1.29 is 0 Å². The molecule has 1 unspecified atom stereocenters. The minimum absolute atomic E-state index is 0.217. The normalized spacial score (nSPS) is 13.2. The average molecular weight is 207 g/mol. The summed E-state index contributed by atoms with van der Waals surface area (Å²) in [5, 5.41) is 7.79. The van der Waals surface area contributed by atoms with Crippen LogP contribution in [-0.2, 0) is 0 Å². The Morgan fingerprint density at radius 3 is 3.13 bits per heavy atom. The third kappa shape index (κ3) is 1.62. The molecule has 2 heterocycles. The topological polar surface area (TPSA) is 76.5 Å². The maximum absolute atomic E-state index is 11.4. The summed E-state index contributed by atoms with van der Waals surface area (Å²) in [4.78, 5) is 17.9. The van der Waals surface area contributed by atoms with Crippen molar-refractivity contribution in [1.82, 2.24) is 25.0 Å². The first-order valence-corrected chi connectivity index (χ1v) is 5.02.